The lowest BCUT2D eigenvalue weighted by Gasteiger charge is -2.37. The number of fused-ring (bicyclic) bond motifs is 1. The van der Waals surface area contributed by atoms with Crippen molar-refractivity contribution in [2.24, 2.45) is 0 Å². The summed E-state index contributed by atoms with van der Waals surface area (Å²) in [6, 6.07) is 18.0. The molecule has 1 fully saturated rings. The van der Waals surface area contributed by atoms with E-state index >= 15 is 0 Å². The van der Waals surface area contributed by atoms with Crippen LogP contribution in [0.1, 0.15) is 0 Å². The van der Waals surface area contributed by atoms with Crippen LogP contribution < -0.4 is 4.90 Å². The monoisotopic (exact) mass is 277 g/mol. The molecule has 0 amide bonds. The van der Waals surface area contributed by atoms with E-state index < -0.39 is 0 Å². The fraction of sp³-hybridized carbons (Fsp3) is 0.176. The van der Waals surface area contributed by atoms with Crippen molar-refractivity contribution in [3.8, 4) is 11.4 Å². The van der Waals surface area contributed by atoms with Gasteiger partial charge in [-0.1, -0.05) is 42.5 Å². The van der Waals surface area contributed by atoms with Gasteiger partial charge in [0.25, 0.3) is 0 Å². The molecule has 2 heterocycles. The van der Waals surface area contributed by atoms with E-state index in [0.717, 1.165) is 28.1 Å². The summed E-state index contributed by atoms with van der Waals surface area (Å²) in [6.45, 7) is 1.27. The van der Waals surface area contributed by atoms with Gasteiger partial charge in [-0.05, 0) is 12.1 Å². The van der Waals surface area contributed by atoms with Crippen LogP contribution in [0.15, 0.2) is 54.6 Å². The second-order valence-electron chi connectivity index (χ2n) is 5.31. The first-order chi connectivity index (χ1) is 10.3. The van der Waals surface area contributed by atoms with Crippen LogP contribution in [0.2, 0.25) is 0 Å². The molecule has 3 aromatic rings. The second kappa shape index (κ2) is 4.82. The molecule has 1 saturated heterocycles. The molecule has 21 heavy (non-hydrogen) atoms. The Labute approximate surface area is 122 Å². The zero-order valence-electron chi connectivity index (χ0n) is 11.5. The minimum atomic E-state index is -0.251. The number of aliphatic hydroxyl groups excluding tert-OH is 1. The molecule has 1 aromatic heterocycles. The van der Waals surface area contributed by atoms with Gasteiger partial charge >= 0.3 is 0 Å². The number of β-amino-alcohol motifs (C(OH)–C–C–N with tert-alkyl or cyclic N) is 1. The summed E-state index contributed by atoms with van der Waals surface area (Å²) in [6.07, 6.45) is -0.251. The van der Waals surface area contributed by atoms with Crippen molar-refractivity contribution in [1.82, 2.24) is 9.97 Å². The molecule has 1 aliphatic heterocycles. The van der Waals surface area contributed by atoms with Crippen LogP contribution in [0.3, 0.4) is 0 Å². The highest BCUT2D eigenvalue weighted by molar-refractivity contribution is 5.91. The lowest BCUT2D eigenvalue weighted by molar-refractivity contribution is 0.141. The largest absolute Gasteiger partial charge is 0.389 e. The van der Waals surface area contributed by atoms with Crippen molar-refractivity contribution < 1.29 is 5.11 Å². The number of benzene rings is 2. The number of nitrogens with zero attached hydrogens (tertiary/aromatic N) is 3. The minimum absolute atomic E-state index is 0.251. The summed E-state index contributed by atoms with van der Waals surface area (Å²) < 4.78 is 0. The number of hydrogen-bond donors (Lipinski definition) is 1. The van der Waals surface area contributed by atoms with Gasteiger partial charge in [-0.15, -0.1) is 0 Å². The Kier molecular flexibility index (Phi) is 2.82. The zero-order chi connectivity index (χ0) is 14.2. The van der Waals surface area contributed by atoms with Crippen molar-refractivity contribution in [3.63, 3.8) is 0 Å². The van der Waals surface area contributed by atoms with Crippen LogP contribution >= 0.6 is 0 Å². The van der Waals surface area contributed by atoms with E-state index in [9.17, 15) is 5.11 Å². The average Bonchev–Trinajstić information content (AvgIpc) is 2.52. The van der Waals surface area contributed by atoms with Gasteiger partial charge in [0.2, 0.25) is 0 Å². The Morgan fingerprint density at radius 2 is 1.62 bits per heavy atom. The molecule has 4 rings (SSSR count). The standard InChI is InChI=1S/C17H15N3O/c21-13-10-20(11-13)17-14-8-4-5-9-15(14)18-16(19-17)12-6-2-1-3-7-12/h1-9,13,21H,10-11H2. The van der Waals surface area contributed by atoms with Crippen LogP contribution in [0.5, 0.6) is 0 Å². The number of aliphatic hydroxyl groups is 1. The highest BCUT2D eigenvalue weighted by Crippen LogP contribution is 2.29. The van der Waals surface area contributed by atoms with E-state index in [1.807, 2.05) is 54.6 Å². The van der Waals surface area contributed by atoms with E-state index in [1.54, 1.807) is 0 Å². The molecule has 2 aromatic carbocycles. The van der Waals surface area contributed by atoms with Crippen molar-refractivity contribution in [2.75, 3.05) is 18.0 Å². The fourth-order valence-corrected chi connectivity index (χ4v) is 2.65. The molecule has 104 valence electrons. The predicted molar refractivity (Wildman–Crippen MR) is 83.2 cm³/mol. The zero-order valence-corrected chi connectivity index (χ0v) is 11.5. The Morgan fingerprint density at radius 1 is 0.905 bits per heavy atom. The molecule has 4 heteroatoms. The average molecular weight is 277 g/mol. The first-order valence-electron chi connectivity index (χ1n) is 7.06. The summed E-state index contributed by atoms with van der Waals surface area (Å²) in [4.78, 5) is 11.5. The molecule has 0 saturated carbocycles. The minimum Gasteiger partial charge on any atom is -0.389 e. The van der Waals surface area contributed by atoms with Crippen LogP contribution in [0.25, 0.3) is 22.3 Å². The third kappa shape index (κ3) is 2.14. The van der Waals surface area contributed by atoms with Crippen LogP contribution in [0.4, 0.5) is 5.82 Å². The van der Waals surface area contributed by atoms with Gasteiger partial charge in [0, 0.05) is 24.0 Å². The lowest BCUT2D eigenvalue weighted by Crippen LogP contribution is -2.51. The van der Waals surface area contributed by atoms with E-state index in [4.69, 9.17) is 4.98 Å². The molecule has 1 N–H and O–H groups in total. The number of rotatable bonds is 2. The fourth-order valence-electron chi connectivity index (χ4n) is 2.65. The van der Waals surface area contributed by atoms with Crippen molar-refractivity contribution in [3.05, 3.63) is 54.6 Å². The molecule has 4 nitrogen and oxygen atoms in total. The smallest absolute Gasteiger partial charge is 0.162 e. The quantitative estimate of drug-likeness (QED) is 0.782. The first kappa shape index (κ1) is 12.3. The van der Waals surface area contributed by atoms with Gasteiger partial charge < -0.3 is 10.0 Å². The maximum Gasteiger partial charge on any atom is 0.162 e. The molecular formula is C17H15N3O. The molecule has 0 unspecified atom stereocenters. The summed E-state index contributed by atoms with van der Waals surface area (Å²) in [5.74, 6) is 1.63. The van der Waals surface area contributed by atoms with E-state index in [2.05, 4.69) is 9.88 Å². The number of para-hydroxylation sites is 1. The Morgan fingerprint density at radius 3 is 2.38 bits per heavy atom. The molecule has 0 spiro atoms. The van der Waals surface area contributed by atoms with E-state index in [-0.39, 0.29) is 6.10 Å². The van der Waals surface area contributed by atoms with Crippen molar-refractivity contribution in [2.45, 2.75) is 6.10 Å². The van der Waals surface area contributed by atoms with Crippen LogP contribution in [-0.4, -0.2) is 34.3 Å². The summed E-state index contributed by atoms with van der Waals surface area (Å²) >= 11 is 0. The SMILES string of the molecule is OC1CN(c2nc(-c3ccccc3)nc3ccccc23)C1. The summed E-state index contributed by atoms with van der Waals surface area (Å²) in [5.41, 5.74) is 1.94. The molecule has 0 radical (unpaired) electrons. The van der Waals surface area contributed by atoms with Crippen molar-refractivity contribution in [1.29, 1.82) is 0 Å². The normalized spacial score (nSPS) is 15.2. The molecule has 1 aliphatic rings. The Hall–Kier alpha value is -2.46. The van der Waals surface area contributed by atoms with Gasteiger partial charge in [-0.25, -0.2) is 9.97 Å². The number of hydrogen-bond acceptors (Lipinski definition) is 4. The van der Waals surface area contributed by atoms with Gasteiger partial charge in [0.05, 0.1) is 11.6 Å². The summed E-state index contributed by atoms with van der Waals surface area (Å²) in [5, 5.41) is 10.6. The Bertz CT molecular complexity index is 782. The second-order valence-corrected chi connectivity index (χ2v) is 5.31. The molecule has 0 bridgehead atoms. The topological polar surface area (TPSA) is 49.2 Å². The van der Waals surface area contributed by atoms with Crippen LogP contribution in [0, 0.1) is 0 Å². The summed E-state index contributed by atoms with van der Waals surface area (Å²) in [7, 11) is 0. The van der Waals surface area contributed by atoms with Crippen molar-refractivity contribution >= 4 is 16.7 Å². The highest BCUT2D eigenvalue weighted by atomic mass is 16.3. The number of aromatic nitrogens is 2. The lowest BCUT2D eigenvalue weighted by atomic mass is 10.1. The van der Waals surface area contributed by atoms with E-state index in [1.165, 1.54) is 0 Å². The van der Waals surface area contributed by atoms with Gasteiger partial charge in [-0.2, -0.15) is 0 Å². The molecule has 0 aliphatic carbocycles. The van der Waals surface area contributed by atoms with Crippen LogP contribution in [-0.2, 0) is 0 Å². The molecule has 0 atom stereocenters. The molecular weight excluding hydrogens is 262 g/mol. The third-order valence-electron chi connectivity index (χ3n) is 3.78. The van der Waals surface area contributed by atoms with E-state index in [0.29, 0.717) is 13.1 Å². The van der Waals surface area contributed by atoms with Gasteiger partial charge in [0.1, 0.15) is 5.82 Å². The maximum atomic E-state index is 9.55. The number of anilines is 1. The highest BCUT2D eigenvalue weighted by Gasteiger charge is 2.27. The Balaban J connectivity index is 1.90. The third-order valence-corrected chi connectivity index (χ3v) is 3.78. The van der Waals surface area contributed by atoms with Gasteiger partial charge in [-0.3, -0.25) is 0 Å². The maximum absolute atomic E-state index is 9.55. The first-order valence-corrected chi connectivity index (χ1v) is 7.06. The predicted octanol–water partition coefficient (Wildman–Crippen LogP) is 2.48. The van der Waals surface area contributed by atoms with Gasteiger partial charge in [0.15, 0.2) is 5.82 Å².